The fourth-order valence-electron chi connectivity index (χ4n) is 1.91. The summed E-state index contributed by atoms with van der Waals surface area (Å²) in [7, 11) is 0. The van der Waals surface area contributed by atoms with Gasteiger partial charge in [0.05, 0.1) is 5.69 Å². The number of benzene rings is 1. The summed E-state index contributed by atoms with van der Waals surface area (Å²) in [5.41, 5.74) is 4.38. The molecule has 1 aromatic heterocycles. The molecule has 1 aromatic carbocycles. The van der Waals surface area contributed by atoms with Gasteiger partial charge in [-0.15, -0.1) is 5.11 Å². The molecule has 1 fully saturated rings. The number of halogens is 3. The SMILES string of the molecule is Nc1nc(C2CC2)nc(C(F)(F)F)c1N=Nc1ccccc1. The number of alkyl halides is 3. The van der Waals surface area contributed by atoms with Crippen LogP contribution in [-0.2, 0) is 6.18 Å². The van der Waals surface area contributed by atoms with E-state index in [1.165, 1.54) is 0 Å². The Bertz CT molecular complexity index is 708. The molecular weight excluding hydrogens is 295 g/mol. The maximum absolute atomic E-state index is 13.2. The number of nitrogens with two attached hydrogens (primary N) is 1. The summed E-state index contributed by atoms with van der Waals surface area (Å²) >= 11 is 0. The van der Waals surface area contributed by atoms with Crippen LogP contribution in [-0.4, -0.2) is 9.97 Å². The fourth-order valence-corrected chi connectivity index (χ4v) is 1.91. The molecule has 3 rings (SSSR count). The van der Waals surface area contributed by atoms with E-state index in [1.807, 2.05) is 0 Å². The summed E-state index contributed by atoms with van der Waals surface area (Å²) in [5.74, 6) is -0.212. The quantitative estimate of drug-likeness (QED) is 0.855. The van der Waals surface area contributed by atoms with Gasteiger partial charge in [-0.25, -0.2) is 9.97 Å². The van der Waals surface area contributed by atoms with Crippen LogP contribution in [0.1, 0.15) is 30.3 Å². The van der Waals surface area contributed by atoms with Gasteiger partial charge in [0.2, 0.25) is 0 Å². The van der Waals surface area contributed by atoms with Gasteiger partial charge in [0, 0.05) is 5.92 Å². The van der Waals surface area contributed by atoms with Crippen molar-refractivity contribution < 1.29 is 13.2 Å². The molecule has 0 spiro atoms. The van der Waals surface area contributed by atoms with Crippen LogP contribution in [0.3, 0.4) is 0 Å². The normalized spacial score (nSPS) is 15.4. The van der Waals surface area contributed by atoms with Gasteiger partial charge in [0.1, 0.15) is 5.82 Å². The highest BCUT2D eigenvalue weighted by Gasteiger charge is 2.39. The average Bonchev–Trinajstić information content (AvgIpc) is 3.30. The van der Waals surface area contributed by atoms with Gasteiger partial charge >= 0.3 is 6.18 Å². The van der Waals surface area contributed by atoms with Crippen molar-refractivity contribution in [2.75, 3.05) is 5.73 Å². The number of nitrogen functional groups attached to an aromatic ring is 1. The summed E-state index contributed by atoms with van der Waals surface area (Å²) in [6.45, 7) is 0. The van der Waals surface area contributed by atoms with Gasteiger partial charge in [0.25, 0.3) is 0 Å². The molecule has 22 heavy (non-hydrogen) atoms. The minimum absolute atomic E-state index is 0.0384. The van der Waals surface area contributed by atoms with E-state index in [1.54, 1.807) is 30.3 Å². The fraction of sp³-hybridized carbons (Fsp3) is 0.286. The number of nitrogens with zero attached hydrogens (tertiary/aromatic N) is 4. The van der Waals surface area contributed by atoms with E-state index in [0.29, 0.717) is 5.69 Å². The van der Waals surface area contributed by atoms with Gasteiger partial charge < -0.3 is 5.73 Å². The zero-order valence-corrected chi connectivity index (χ0v) is 11.4. The van der Waals surface area contributed by atoms with E-state index < -0.39 is 17.6 Å². The van der Waals surface area contributed by atoms with Crippen LogP contribution in [0.15, 0.2) is 40.6 Å². The minimum Gasteiger partial charge on any atom is -0.382 e. The molecule has 1 aliphatic carbocycles. The molecule has 2 aromatic rings. The van der Waals surface area contributed by atoms with Gasteiger partial charge in [-0.1, -0.05) is 18.2 Å². The molecule has 0 bridgehead atoms. The van der Waals surface area contributed by atoms with Crippen molar-refractivity contribution in [3.8, 4) is 0 Å². The second-order valence-electron chi connectivity index (χ2n) is 4.97. The lowest BCUT2D eigenvalue weighted by molar-refractivity contribution is -0.140. The third kappa shape index (κ3) is 3.05. The molecule has 2 N–H and O–H groups in total. The van der Waals surface area contributed by atoms with Gasteiger partial charge in [-0.3, -0.25) is 0 Å². The van der Waals surface area contributed by atoms with Crippen LogP contribution in [0, 0.1) is 0 Å². The maximum atomic E-state index is 13.2. The Morgan fingerprint density at radius 2 is 1.73 bits per heavy atom. The van der Waals surface area contributed by atoms with Gasteiger partial charge in [-0.2, -0.15) is 18.3 Å². The summed E-state index contributed by atoms with van der Waals surface area (Å²) < 4.78 is 39.5. The molecule has 8 heteroatoms. The number of azo groups is 1. The maximum Gasteiger partial charge on any atom is 0.435 e. The van der Waals surface area contributed by atoms with Crippen molar-refractivity contribution in [2.45, 2.75) is 24.9 Å². The Hall–Kier alpha value is -2.51. The summed E-state index contributed by atoms with van der Waals surface area (Å²) in [6, 6.07) is 8.41. The van der Waals surface area contributed by atoms with E-state index in [9.17, 15) is 13.2 Å². The van der Waals surface area contributed by atoms with Crippen LogP contribution in [0.2, 0.25) is 0 Å². The highest BCUT2D eigenvalue weighted by Crippen LogP contribution is 2.43. The standard InChI is InChI=1S/C14H12F3N5/c15-14(16,17)11-10(22-21-9-4-2-1-3-5-9)12(18)20-13(19-11)8-6-7-8/h1-5,8H,6-7H2,(H2,18,19,20). The first-order chi connectivity index (χ1) is 10.4. The third-order valence-electron chi connectivity index (χ3n) is 3.16. The van der Waals surface area contributed by atoms with E-state index in [-0.39, 0.29) is 17.6 Å². The zero-order chi connectivity index (χ0) is 15.7. The van der Waals surface area contributed by atoms with Gasteiger partial charge in [0.15, 0.2) is 17.2 Å². The van der Waals surface area contributed by atoms with Crippen molar-refractivity contribution in [3.05, 3.63) is 41.9 Å². The molecular formula is C14H12F3N5. The van der Waals surface area contributed by atoms with Crippen molar-refractivity contribution in [1.82, 2.24) is 9.97 Å². The molecule has 0 atom stereocenters. The van der Waals surface area contributed by atoms with Crippen molar-refractivity contribution in [1.29, 1.82) is 0 Å². The average molecular weight is 307 g/mol. The molecule has 1 aliphatic rings. The summed E-state index contributed by atoms with van der Waals surface area (Å²) in [5, 5.41) is 7.38. The molecule has 1 saturated carbocycles. The predicted molar refractivity (Wildman–Crippen MR) is 74.0 cm³/mol. The largest absolute Gasteiger partial charge is 0.435 e. The minimum atomic E-state index is -4.66. The lowest BCUT2D eigenvalue weighted by Crippen LogP contribution is -2.13. The monoisotopic (exact) mass is 307 g/mol. The van der Waals surface area contributed by atoms with Crippen molar-refractivity contribution >= 4 is 17.2 Å². The number of hydrogen-bond donors (Lipinski definition) is 1. The zero-order valence-electron chi connectivity index (χ0n) is 11.4. The molecule has 0 unspecified atom stereocenters. The smallest absolute Gasteiger partial charge is 0.382 e. The Balaban J connectivity index is 2.04. The van der Waals surface area contributed by atoms with Crippen molar-refractivity contribution in [3.63, 3.8) is 0 Å². The molecule has 5 nitrogen and oxygen atoms in total. The highest BCUT2D eigenvalue weighted by atomic mass is 19.4. The van der Waals surface area contributed by atoms with Crippen LogP contribution in [0.25, 0.3) is 0 Å². The Labute approximate surface area is 124 Å². The molecule has 114 valence electrons. The topological polar surface area (TPSA) is 76.5 Å². The Morgan fingerprint density at radius 1 is 1.05 bits per heavy atom. The van der Waals surface area contributed by atoms with E-state index in [4.69, 9.17) is 5.73 Å². The first-order valence-electron chi connectivity index (χ1n) is 6.66. The molecule has 0 radical (unpaired) electrons. The molecule has 0 aliphatic heterocycles. The number of rotatable bonds is 3. The summed E-state index contributed by atoms with van der Waals surface area (Å²) in [4.78, 5) is 7.54. The summed E-state index contributed by atoms with van der Waals surface area (Å²) in [6.07, 6.45) is -3.10. The molecule has 1 heterocycles. The number of aromatic nitrogens is 2. The Morgan fingerprint density at radius 3 is 2.32 bits per heavy atom. The molecule has 0 amide bonds. The van der Waals surface area contributed by atoms with E-state index in [2.05, 4.69) is 20.2 Å². The lowest BCUT2D eigenvalue weighted by atomic mass is 10.3. The van der Waals surface area contributed by atoms with Crippen LogP contribution in [0.5, 0.6) is 0 Å². The second kappa shape index (κ2) is 5.36. The number of hydrogen-bond acceptors (Lipinski definition) is 5. The predicted octanol–water partition coefficient (Wildman–Crippen LogP) is 4.37. The van der Waals surface area contributed by atoms with Crippen molar-refractivity contribution in [2.24, 2.45) is 10.2 Å². The molecule has 0 saturated heterocycles. The van der Waals surface area contributed by atoms with Crippen LogP contribution in [0.4, 0.5) is 30.4 Å². The van der Waals surface area contributed by atoms with Crippen LogP contribution < -0.4 is 5.73 Å². The van der Waals surface area contributed by atoms with Gasteiger partial charge in [-0.05, 0) is 25.0 Å². The number of anilines is 1. The van der Waals surface area contributed by atoms with Crippen LogP contribution >= 0.6 is 0 Å². The van der Waals surface area contributed by atoms with E-state index >= 15 is 0 Å². The second-order valence-corrected chi connectivity index (χ2v) is 4.97. The first kappa shape index (κ1) is 14.4. The highest BCUT2D eigenvalue weighted by molar-refractivity contribution is 5.61. The first-order valence-corrected chi connectivity index (χ1v) is 6.66. The van der Waals surface area contributed by atoms with E-state index in [0.717, 1.165) is 12.8 Å². The lowest BCUT2D eigenvalue weighted by Gasteiger charge is -2.11. The Kier molecular flexibility index (Phi) is 3.51. The third-order valence-corrected chi connectivity index (χ3v) is 3.16.